The number of aromatic nitrogens is 5. The van der Waals surface area contributed by atoms with Crippen molar-refractivity contribution in [3.05, 3.63) is 65.6 Å². The Morgan fingerprint density at radius 2 is 2.00 bits per heavy atom. The van der Waals surface area contributed by atoms with E-state index in [4.69, 9.17) is 15.8 Å². The van der Waals surface area contributed by atoms with Crippen molar-refractivity contribution in [2.45, 2.75) is 57.5 Å². The molecule has 0 radical (unpaired) electrons. The molecule has 1 fully saturated rings. The molecular weight excluding hydrogens is 423 g/mol. The quantitative estimate of drug-likeness (QED) is 0.366. The molecule has 5 rings (SSSR count). The summed E-state index contributed by atoms with van der Waals surface area (Å²) in [6.45, 7) is 11.1. The van der Waals surface area contributed by atoms with Gasteiger partial charge in [0.25, 0.3) is 0 Å². The van der Waals surface area contributed by atoms with Gasteiger partial charge in [-0.15, -0.1) is 0 Å². The van der Waals surface area contributed by atoms with Crippen molar-refractivity contribution in [2.75, 3.05) is 0 Å². The monoisotopic (exact) mass is 446 g/mol. The van der Waals surface area contributed by atoms with Crippen molar-refractivity contribution < 1.29 is 13.7 Å². The van der Waals surface area contributed by atoms with Gasteiger partial charge in [0.1, 0.15) is 11.9 Å². The number of ether oxygens (including phenoxy) is 1. The molecule has 4 aromatic rings. The van der Waals surface area contributed by atoms with Crippen molar-refractivity contribution in [3.8, 4) is 17.0 Å². The maximum Gasteiger partial charge on any atom is 0.229 e. The first-order chi connectivity index (χ1) is 16.0. The van der Waals surface area contributed by atoms with Crippen LogP contribution in [0.3, 0.4) is 0 Å². The number of hydrogen-bond donors (Lipinski definition) is 0. The molecule has 8 nitrogen and oxygen atoms in total. The Hall–Kier alpha value is -3.80. The van der Waals surface area contributed by atoms with Crippen molar-refractivity contribution >= 4 is 11.3 Å². The Morgan fingerprint density at radius 1 is 1.18 bits per heavy atom. The summed E-state index contributed by atoms with van der Waals surface area (Å²) in [7, 11) is 0. The van der Waals surface area contributed by atoms with E-state index in [1.165, 1.54) is 6.07 Å². The van der Waals surface area contributed by atoms with Gasteiger partial charge in [-0.05, 0) is 31.7 Å². The highest BCUT2D eigenvalue weighted by molar-refractivity contribution is 5.78. The minimum atomic E-state index is -0.480. The molecule has 1 aliphatic carbocycles. The standard InChI is InChI=1S/C24H23FN6O2/c1-14(2)22-29-24(33-30-22)15-4-7-17(8-5-15)32-21-10-11-27-23-19(13-28-31(21)23)18-9-6-16(26-3)12-20(18)25/h6,9-15,17H,4-5,7-8H2,1-2H3. The van der Waals surface area contributed by atoms with Gasteiger partial charge in [0.2, 0.25) is 11.8 Å². The van der Waals surface area contributed by atoms with Crippen molar-refractivity contribution in [2.24, 2.45) is 0 Å². The van der Waals surface area contributed by atoms with E-state index in [1.54, 1.807) is 35.1 Å². The topological polar surface area (TPSA) is 82.7 Å². The number of nitrogens with zero attached hydrogens (tertiary/aromatic N) is 6. The van der Waals surface area contributed by atoms with E-state index in [1.807, 2.05) is 13.8 Å². The zero-order valence-electron chi connectivity index (χ0n) is 18.4. The third-order valence-electron chi connectivity index (χ3n) is 6.02. The molecule has 9 heteroatoms. The van der Waals surface area contributed by atoms with Crippen LogP contribution in [-0.4, -0.2) is 30.8 Å². The third kappa shape index (κ3) is 4.04. The van der Waals surface area contributed by atoms with Gasteiger partial charge in [-0.2, -0.15) is 14.6 Å². The average Bonchev–Trinajstić information content (AvgIpc) is 3.48. The predicted molar refractivity (Wildman–Crippen MR) is 119 cm³/mol. The fraction of sp³-hybridized carbons (Fsp3) is 0.375. The highest BCUT2D eigenvalue weighted by atomic mass is 19.1. The largest absolute Gasteiger partial charge is 0.474 e. The molecule has 0 N–H and O–H groups in total. The molecule has 0 unspecified atom stereocenters. The maximum atomic E-state index is 14.6. The third-order valence-corrected chi connectivity index (χ3v) is 6.02. The summed E-state index contributed by atoms with van der Waals surface area (Å²) in [4.78, 5) is 12.2. The van der Waals surface area contributed by atoms with Crippen LogP contribution in [0.2, 0.25) is 0 Å². The van der Waals surface area contributed by atoms with Gasteiger partial charge in [-0.25, -0.2) is 14.2 Å². The second-order valence-electron chi connectivity index (χ2n) is 8.59. The Balaban J connectivity index is 1.32. The summed E-state index contributed by atoms with van der Waals surface area (Å²) in [6.07, 6.45) is 6.76. The molecule has 0 bridgehead atoms. The highest BCUT2D eigenvalue weighted by Gasteiger charge is 2.28. The minimum Gasteiger partial charge on any atom is -0.474 e. The lowest BCUT2D eigenvalue weighted by atomic mass is 9.87. The lowest BCUT2D eigenvalue weighted by Gasteiger charge is -2.27. The molecule has 0 amide bonds. The summed E-state index contributed by atoms with van der Waals surface area (Å²) in [6, 6.07) is 6.15. The van der Waals surface area contributed by atoms with Crippen molar-refractivity contribution in [1.29, 1.82) is 0 Å². The van der Waals surface area contributed by atoms with E-state index < -0.39 is 5.82 Å². The van der Waals surface area contributed by atoms with Crippen molar-refractivity contribution in [1.82, 2.24) is 24.7 Å². The first kappa shape index (κ1) is 21.1. The van der Waals surface area contributed by atoms with Crippen molar-refractivity contribution in [3.63, 3.8) is 0 Å². The Bertz CT molecular complexity index is 1330. The van der Waals surface area contributed by atoms with E-state index >= 15 is 0 Å². The molecule has 1 aliphatic rings. The van der Waals surface area contributed by atoms with Gasteiger partial charge in [0, 0.05) is 35.2 Å². The van der Waals surface area contributed by atoms with E-state index in [9.17, 15) is 4.39 Å². The Labute approximate surface area is 190 Å². The molecule has 0 saturated heterocycles. The molecular formula is C24H23FN6O2. The molecule has 33 heavy (non-hydrogen) atoms. The number of hydrogen-bond acceptors (Lipinski definition) is 6. The van der Waals surface area contributed by atoms with Crippen LogP contribution in [0.15, 0.2) is 41.2 Å². The van der Waals surface area contributed by atoms with Gasteiger partial charge in [0.05, 0.1) is 12.8 Å². The van der Waals surface area contributed by atoms with E-state index in [2.05, 4.69) is 25.1 Å². The molecule has 1 saturated carbocycles. The normalized spacial score (nSPS) is 18.5. The smallest absolute Gasteiger partial charge is 0.229 e. The summed E-state index contributed by atoms with van der Waals surface area (Å²) >= 11 is 0. The number of benzene rings is 1. The lowest BCUT2D eigenvalue weighted by molar-refractivity contribution is 0.130. The van der Waals surface area contributed by atoms with Crippen LogP contribution in [0.4, 0.5) is 10.1 Å². The molecule has 168 valence electrons. The van der Waals surface area contributed by atoms with Gasteiger partial charge >= 0.3 is 0 Å². The number of fused-ring (bicyclic) bond motifs is 1. The van der Waals surface area contributed by atoms with Gasteiger partial charge < -0.3 is 9.26 Å². The number of halogens is 1. The fourth-order valence-electron chi connectivity index (χ4n) is 4.19. The minimum absolute atomic E-state index is 0.0293. The van der Waals surface area contributed by atoms with E-state index in [0.717, 1.165) is 31.5 Å². The van der Waals surface area contributed by atoms with E-state index in [-0.39, 0.29) is 23.6 Å². The number of rotatable bonds is 5. The van der Waals surface area contributed by atoms with Crippen LogP contribution < -0.4 is 4.74 Å². The summed E-state index contributed by atoms with van der Waals surface area (Å²) in [5.41, 5.74) is 1.66. The molecule has 0 atom stereocenters. The SMILES string of the molecule is [C-]#[N+]c1ccc(-c2cnn3c(OC4CCC(c5nc(C(C)C)no5)CC4)ccnc23)c(F)c1. The first-order valence-corrected chi connectivity index (χ1v) is 11.0. The average molecular weight is 446 g/mol. The molecule has 0 aliphatic heterocycles. The molecule has 0 spiro atoms. The Morgan fingerprint density at radius 3 is 2.70 bits per heavy atom. The summed E-state index contributed by atoms with van der Waals surface area (Å²) in [5.74, 6) is 2.04. The van der Waals surface area contributed by atoms with Crippen LogP contribution in [0.25, 0.3) is 21.6 Å². The van der Waals surface area contributed by atoms with Gasteiger partial charge in [0.15, 0.2) is 17.2 Å². The fourth-order valence-corrected chi connectivity index (χ4v) is 4.19. The zero-order valence-corrected chi connectivity index (χ0v) is 18.4. The molecule has 1 aromatic carbocycles. The maximum absolute atomic E-state index is 14.6. The van der Waals surface area contributed by atoms with Gasteiger partial charge in [-0.1, -0.05) is 31.1 Å². The lowest BCUT2D eigenvalue weighted by Crippen LogP contribution is -2.24. The van der Waals surface area contributed by atoms with Crippen LogP contribution >= 0.6 is 0 Å². The van der Waals surface area contributed by atoms with Gasteiger partial charge in [-0.3, -0.25) is 0 Å². The van der Waals surface area contributed by atoms with Crippen LogP contribution in [0.5, 0.6) is 5.88 Å². The second-order valence-corrected chi connectivity index (χ2v) is 8.59. The second kappa shape index (κ2) is 8.62. The van der Waals surface area contributed by atoms with Crippen LogP contribution in [0.1, 0.15) is 63.1 Å². The highest BCUT2D eigenvalue weighted by Crippen LogP contribution is 2.35. The molecule has 3 aromatic heterocycles. The van der Waals surface area contributed by atoms with Crippen LogP contribution in [-0.2, 0) is 0 Å². The van der Waals surface area contributed by atoms with Crippen LogP contribution in [0, 0.1) is 12.4 Å². The summed E-state index contributed by atoms with van der Waals surface area (Å²) in [5, 5.41) is 8.47. The van der Waals surface area contributed by atoms with E-state index in [0.29, 0.717) is 28.5 Å². The molecule has 3 heterocycles. The Kier molecular flexibility index (Phi) is 5.50. The first-order valence-electron chi connectivity index (χ1n) is 11.0. The predicted octanol–water partition coefficient (Wildman–Crippen LogP) is 5.70. The zero-order chi connectivity index (χ0) is 22.9. The summed E-state index contributed by atoms with van der Waals surface area (Å²) < 4.78 is 27.9.